The van der Waals surface area contributed by atoms with E-state index in [2.05, 4.69) is 5.84 Å². The van der Waals surface area contributed by atoms with Crippen molar-refractivity contribution in [2.75, 3.05) is 0 Å². The van der Waals surface area contributed by atoms with E-state index < -0.39 is 15.4 Å². The molecular formula is CH3N2NaO4S. The first-order valence-corrected chi connectivity index (χ1v) is 2.86. The Morgan fingerprint density at radius 1 is 1.56 bits per heavy atom. The minimum Gasteiger partial charge on any atom is -0.740 e. The Hall–Kier alpha value is 0.340. The van der Waals surface area contributed by atoms with Gasteiger partial charge in [-0.25, -0.2) is 14.3 Å². The van der Waals surface area contributed by atoms with Crippen LogP contribution in [-0.2, 0) is 10.1 Å². The summed E-state index contributed by atoms with van der Waals surface area (Å²) in [6.45, 7) is 0. The van der Waals surface area contributed by atoms with Crippen LogP contribution < -0.4 is 40.8 Å². The molecule has 0 atom stereocenters. The van der Waals surface area contributed by atoms with Crippen LogP contribution in [0.25, 0.3) is 0 Å². The fraction of sp³-hybridized carbons (Fsp3) is 0. The van der Waals surface area contributed by atoms with Crippen LogP contribution in [0.3, 0.4) is 0 Å². The van der Waals surface area contributed by atoms with E-state index in [4.69, 9.17) is 0 Å². The molecule has 0 rings (SSSR count). The summed E-state index contributed by atoms with van der Waals surface area (Å²) in [5.74, 6) is 4.28. The first-order valence-electron chi connectivity index (χ1n) is 1.45. The predicted octanol–water partition coefficient (Wildman–Crippen LogP) is -4.88. The monoisotopic (exact) mass is 162 g/mol. The van der Waals surface area contributed by atoms with Crippen LogP contribution in [0.1, 0.15) is 0 Å². The van der Waals surface area contributed by atoms with Gasteiger partial charge in [-0.15, -0.1) is 0 Å². The SMILES string of the molecule is NNC(=O)S(=O)(=O)[O-].[Na+]. The average molecular weight is 162 g/mol. The Labute approximate surface area is 73.8 Å². The molecule has 1 amide bonds. The van der Waals surface area contributed by atoms with Gasteiger partial charge in [-0.3, -0.25) is 10.2 Å². The second-order valence-electron chi connectivity index (χ2n) is 0.886. The predicted molar refractivity (Wildman–Crippen MR) is 22.4 cm³/mol. The zero-order chi connectivity index (χ0) is 6.78. The van der Waals surface area contributed by atoms with Gasteiger partial charge in [-0.05, 0) is 0 Å². The average Bonchev–Trinajstić information content (AvgIpc) is 1.62. The van der Waals surface area contributed by atoms with E-state index in [9.17, 15) is 17.8 Å². The number of rotatable bonds is 0. The minimum atomic E-state index is -4.88. The fourth-order valence-corrected chi connectivity index (χ4v) is 0.217. The molecule has 8 heteroatoms. The molecule has 0 bridgehead atoms. The van der Waals surface area contributed by atoms with Crippen molar-refractivity contribution in [1.82, 2.24) is 5.43 Å². The Balaban J connectivity index is 0. The van der Waals surface area contributed by atoms with Crippen LogP contribution in [0.2, 0.25) is 0 Å². The number of amides is 1. The number of nitrogens with one attached hydrogen (secondary N) is 1. The second-order valence-corrected chi connectivity index (χ2v) is 2.16. The molecule has 0 aromatic rings. The molecule has 0 heterocycles. The summed E-state index contributed by atoms with van der Waals surface area (Å²) in [5, 5.41) is -1.72. The number of carbonyl (C=O) groups is 1. The summed E-state index contributed by atoms with van der Waals surface area (Å²) in [5.41, 5.74) is 1.17. The zero-order valence-corrected chi connectivity index (χ0v) is 7.44. The van der Waals surface area contributed by atoms with Crippen molar-refractivity contribution >= 4 is 15.4 Å². The normalized spacial score (nSPS) is 9.56. The zero-order valence-electron chi connectivity index (χ0n) is 4.62. The smallest absolute Gasteiger partial charge is 0.740 e. The standard InChI is InChI=1S/CH4N2O4S.Na/c2-3-1(4)8(5,6)7;/h2H2,(H,3,4)(H,5,6,7);/q;+1/p-1. The molecule has 0 saturated carbocycles. The van der Waals surface area contributed by atoms with E-state index in [1.54, 1.807) is 0 Å². The van der Waals surface area contributed by atoms with Crippen LogP contribution in [0.5, 0.6) is 0 Å². The second kappa shape index (κ2) is 4.20. The third-order valence-electron chi connectivity index (χ3n) is 0.345. The molecular weight excluding hydrogens is 159 g/mol. The van der Waals surface area contributed by atoms with Gasteiger partial charge < -0.3 is 4.55 Å². The van der Waals surface area contributed by atoms with Gasteiger partial charge in [0.1, 0.15) is 0 Å². The molecule has 3 N–H and O–H groups in total. The largest absolute Gasteiger partial charge is 1.00 e. The summed E-state index contributed by atoms with van der Waals surface area (Å²) in [6, 6.07) is 0. The van der Waals surface area contributed by atoms with Gasteiger partial charge in [0.25, 0.3) is 0 Å². The molecule has 0 aliphatic heterocycles. The van der Waals surface area contributed by atoms with Crippen LogP contribution in [0, 0.1) is 0 Å². The van der Waals surface area contributed by atoms with Gasteiger partial charge in [-0.2, -0.15) is 0 Å². The number of hydrogen-bond donors (Lipinski definition) is 2. The maximum atomic E-state index is 9.70. The number of nitrogens with two attached hydrogens (primary N) is 1. The van der Waals surface area contributed by atoms with Crippen LogP contribution >= 0.6 is 0 Å². The van der Waals surface area contributed by atoms with Crippen molar-refractivity contribution < 1.29 is 47.3 Å². The summed E-state index contributed by atoms with van der Waals surface area (Å²) in [4.78, 5) is 9.70. The van der Waals surface area contributed by atoms with Crippen molar-refractivity contribution in [1.29, 1.82) is 0 Å². The summed E-state index contributed by atoms with van der Waals surface area (Å²) < 4.78 is 28.5. The first-order chi connectivity index (χ1) is 3.48. The summed E-state index contributed by atoms with van der Waals surface area (Å²) >= 11 is 0. The Bertz CT molecular complexity index is 185. The molecule has 9 heavy (non-hydrogen) atoms. The van der Waals surface area contributed by atoms with E-state index in [1.165, 1.54) is 5.43 Å². The molecule has 0 spiro atoms. The minimum absolute atomic E-state index is 0. The van der Waals surface area contributed by atoms with Gasteiger partial charge in [0.15, 0.2) is 10.1 Å². The maximum absolute atomic E-state index is 9.70. The fourth-order valence-electron chi connectivity index (χ4n) is 0.0722. The van der Waals surface area contributed by atoms with E-state index in [0.29, 0.717) is 0 Å². The van der Waals surface area contributed by atoms with Crippen molar-refractivity contribution in [3.8, 4) is 0 Å². The molecule has 0 fully saturated rings. The van der Waals surface area contributed by atoms with Gasteiger partial charge in [0.2, 0.25) is 0 Å². The van der Waals surface area contributed by atoms with E-state index in [0.717, 1.165) is 0 Å². The van der Waals surface area contributed by atoms with Crippen LogP contribution in [0.4, 0.5) is 4.79 Å². The Morgan fingerprint density at radius 3 is 1.89 bits per heavy atom. The van der Waals surface area contributed by atoms with Crippen molar-refractivity contribution in [2.45, 2.75) is 0 Å². The van der Waals surface area contributed by atoms with Gasteiger partial charge >= 0.3 is 34.8 Å². The topological polar surface area (TPSA) is 112 Å². The third-order valence-corrected chi connectivity index (χ3v) is 0.917. The molecule has 0 aliphatic carbocycles. The molecule has 0 aromatic heterocycles. The van der Waals surface area contributed by atoms with Crippen molar-refractivity contribution in [3.05, 3.63) is 0 Å². The number of hydrazine groups is 1. The molecule has 48 valence electrons. The maximum Gasteiger partial charge on any atom is 1.00 e. The molecule has 0 radical (unpaired) electrons. The number of carbonyl (C=O) groups excluding carboxylic acids is 1. The number of hydrogen-bond acceptors (Lipinski definition) is 5. The molecule has 0 saturated heterocycles. The molecule has 0 aromatic carbocycles. The third kappa shape index (κ3) is 4.82. The summed E-state index contributed by atoms with van der Waals surface area (Å²) in [6.07, 6.45) is 0. The van der Waals surface area contributed by atoms with Gasteiger partial charge in [-0.1, -0.05) is 0 Å². The van der Waals surface area contributed by atoms with Crippen molar-refractivity contribution in [2.24, 2.45) is 5.84 Å². The quantitative estimate of drug-likeness (QED) is 0.122. The Morgan fingerprint density at radius 2 is 1.89 bits per heavy atom. The van der Waals surface area contributed by atoms with Crippen LogP contribution in [-0.4, -0.2) is 18.2 Å². The Kier molecular flexibility index (Phi) is 5.63. The molecule has 0 aliphatic rings. The molecule has 6 nitrogen and oxygen atoms in total. The first kappa shape index (κ1) is 12.1. The summed E-state index contributed by atoms with van der Waals surface area (Å²) in [7, 11) is -4.88. The van der Waals surface area contributed by atoms with E-state index in [1.807, 2.05) is 0 Å². The van der Waals surface area contributed by atoms with Crippen LogP contribution in [0.15, 0.2) is 0 Å². The van der Waals surface area contributed by atoms with Crippen molar-refractivity contribution in [3.63, 3.8) is 0 Å². The molecule has 0 unspecified atom stereocenters. The van der Waals surface area contributed by atoms with E-state index >= 15 is 0 Å². The van der Waals surface area contributed by atoms with E-state index in [-0.39, 0.29) is 29.6 Å². The van der Waals surface area contributed by atoms with Gasteiger partial charge in [0, 0.05) is 0 Å². The van der Waals surface area contributed by atoms with Gasteiger partial charge in [0.05, 0.1) is 0 Å².